The number of hydrogen-bond acceptors (Lipinski definition) is 4. The first-order chi connectivity index (χ1) is 17.1. The van der Waals surface area contributed by atoms with Gasteiger partial charge in [-0.3, -0.25) is 9.48 Å². The number of halogens is 8. The number of rotatable bonds is 6. The molecule has 1 atom stereocenters. The van der Waals surface area contributed by atoms with Gasteiger partial charge < -0.3 is 5.32 Å². The lowest BCUT2D eigenvalue weighted by Gasteiger charge is -2.70. The predicted octanol–water partition coefficient (Wildman–Crippen LogP) is 6.01. The Morgan fingerprint density at radius 3 is 2.21 bits per heavy atom. The fraction of sp³-hybridized carbons (Fsp3) is 0.565. The monoisotopic (exact) mass is 570 g/mol. The van der Waals surface area contributed by atoms with Crippen molar-refractivity contribution < 1.29 is 44.1 Å². The van der Waals surface area contributed by atoms with Crippen LogP contribution in [0.4, 0.5) is 40.8 Å². The van der Waals surface area contributed by atoms with E-state index in [1.54, 1.807) is 0 Å². The van der Waals surface area contributed by atoms with Crippen LogP contribution in [0, 0.1) is 10.2 Å². The second-order valence-electron chi connectivity index (χ2n) is 11.0. The summed E-state index contributed by atoms with van der Waals surface area (Å²) >= 11 is 0. The summed E-state index contributed by atoms with van der Waals surface area (Å²) in [5.74, 6) is -8.66. The van der Waals surface area contributed by atoms with Gasteiger partial charge in [0.2, 0.25) is 5.92 Å². The number of carbonyl (C=O) groups is 1. The Labute approximate surface area is 211 Å². The Hall–Kier alpha value is -2.71. The van der Waals surface area contributed by atoms with Crippen molar-refractivity contribution >= 4 is 21.3 Å². The van der Waals surface area contributed by atoms with Crippen molar-refractivity contribution in [2.45, 2.75) is 73.2 Å². The summed E-state index contributed by atoms with van der Waals surface area (Å²) < 4.78 is 134. The third-order valence-electron chi connectivity index (χ3n) is 7.68. The molecular formula is C23H22F8N4O2S. The molecule has 4 aliphatic carbocycles. The smallest absolute Gasteiger partial charge is 0.321 e. The van der Waals surface area contributed by atoms with Gasteiger partial charge in [0.15, 0.2) is 5.67 Å². The van der Waals surface area contributed by atoms with E-state index >= 15 is 0 Å². The van der Waals surface area contributed by atoms with Crippen LogP contribution in [0.5, 0.6) is 0 Å². The molecular weight excluding hydrogens is 548 g/mol. The molecule has 1 aromatic carbocycles. The zero-order valence-electron chi connectivity index (χ0n) is 20.0. The Balaban J connectivity index is 1.62. The van der Waals surface area contributed by atoms with Crippen LogP contribution < -0.4 is 5.32 Å². The second kappa shape index (κ2) is 7.48. The van der Waals surface area contributed by atoms with Gasteiger partial charge in [-0.15, -0.1) is 0 Å². The zero-order valence-corrected chi connectivity index (χ0v) is 20.8. The first kappa shape index (κ1) is 26.9. The van der Waals surface area contributed by atoms with Gasteiger partial charge in [-0.1, -0.05) is 13.0 Å². The number of nitrogens with zero attached hydrogens (tertiary/aromatic N) is 2. The van der Waals surface area contributed by atoms with Crippen LogP contribution >= 0.6 is 0 Å². The molecule has 15 heteroatoms. The van der Waals surface area contributed by atoms with Gasteiger partial charge in [0.25, 0.3) is 11.8 Å². The largest absolute Gasteiger partial charge is 0.420 e. The summed E-state index contributed by atoms with van der Waals surface area (Å²) in [5.41, 5.74) is -11.1. The molecule has 4 saturated carbocycles. The lowest BCUT2D eigenvalue weighted by molar-refractivity contribution is -0.370. The van der Waals surface area contributed by atoms with Crippen LogP contribution in [0.3, 0.4) is 0 Å². The fourth-order valence-corrected chi connectivity index (χ4v) is 6.66. The number of aromatic nitrogens is 2. The molecule has 1 unspecified atom stereocenters. The van der Waals surface area contributed by atoms with E-state index in [-0.39, 0.29) is 10.6 Å². The predicted molar refractivity (Wildman–Crippen MR) is 119 cm³/mol. The van der Waals surface area contributed by atoms with Crippen molar-refractivity contribution in [2.24, 2.45) is 5.41 Å². The minimum atomic E-state index is -5.37. The Bertz CT molecular complexity index is 1450. The number of anilines is 1. The quantitative estimate of drug-likeness (QED) is 0.417. The van der Waals surface area contributed by atoms with Crippen LogP contribution in [0.25, 0.3) is 0 Å². The zero-order chi connectivity index (χ0) is 28.3. The van der Waals surface area contributed by atoms with E-state index in [1.807, 2.05) is 0 Å². The van der Waals surface area contributed by atoms with Crippen molar-refractivity contribution in [2.75, 3.05) is 11.6 Å². The van der Waals surface area contributed by atoms with Crippen LogP contribution in [0.2, 0.25) is 0 Å². The Morgan fingerprint density at radius 2 is 1.74 bits per heavy atom. The lowest BCUT2D eigenvalue weighted by atomic mass is 9.37. The van der Waals surface area contributed by atoms with Crippen molar-refractivity contribution in [3.05, 3.63) is 41.2 Å². The maximum absolute atomic E-state index is 14.6. The molecule has 0 aliphatic heterocycles. The molecule has 208 valence electrons. The SMILES string of the molecule is CC1(Cn2nc(C34CC(F)(C3)C4(F)F)c(C(F)(F)F)c2C(=O)Nc2cccc(S(C)(=N)=O)c2)CC(F)(F)C1. The molecule has 2 aromatic rings. The number of carbonyl (C=O) groups excluding carboxylic acids is 1. The van der Waals surface area contributed by atoms with Gasteiger partial charge in [-0.2, -0.15) is 18.3 Å². The van der Waals surface area contributed by atoms with E-state index in [9.17, 15) is 44.1 Å². The van der Waals surface area contributed by atoms with E-state index in [0.29, 0.717) is 4.68 Å². The number of hydrogen-bond donors (Lipinski definition) is 2. The highest BCUT2D eigenvalue weighted by atomic mass is 32.2. The minimum Gasteiger partial charge on any atom is -0.321 e. The second-order valence-corrected chi connectivity index (χ2v) is 13.2. The molecule has 0 saturated heterocycles. The molecule has 2 bridgehead atoms. The van der Waals surface area contributed by atoms with Crippen LogP contribution in [-0.4, -0.2) is 43.7 Å². The number of nitrogens with one attached hydrogen (secondary N) is 2. The van der Waals surface area contributed by atoms with Gasteiger partial charge in [0.1, 0.15) is 11.3 Å². The number of benzene rings is 1. The summed E-state index contributed by atoms with van der Waals surface area (Å²) in [6.45, 7) is 0.745. The topological polar surface area (TPSA) is 87.8 Å². The van der Waals surface area contributed by atoms with Crippen molar-refractivity contribution in [1.29, 1.82) is 4.78 Å². The molecule has 1 aromatic heterocycles. The van der Waals surface area contributed by atoms with Crippen LogP contribution in [-0.2, 0) is 27.9 Å². The molecule has 2 N–H and O–H groups in total. The molecule has 4 fully saturated rings. The summed E-state index contributed by atoms with van der Waals surface area (Å²) in [4.78, 5) is 13.2. The third kappa shape index (κ3) is 3.74. The summed E-state index contributed by atoms with van der Waals surface area (Å²) in [5, 5.41) is 5.92. The maximum atomic E-state index is 14.6. The summed E-state index contributed by atoms with van der Waals surface area (Å²) in [6, 6.07) is 4.97. The summed E-state index contributed by atoms with van der Waals surface area (Å²) in [6.07, 6.45) is -7.56. The van der Waals surface area contributed by atoms with E-state index < -0.39 is 99.3 Å². The Morgan fingerprint density at radius 1 is 1.13 bits per heavy atom. The lowest BCUT2D eigenvalue weighted by Crippen LogP contribution is -2.84. The van der Waals surface area contributed by atoms with Gasteiger partial charge in [-0.25, -0.2) is 30.9 Å². The van der Waals surface area contributed by atoms with E-state index in [4.69, 9.17) is 4.78 Å². The first-order valence-corrected chi connectivity index (χ1v) is 13.4. The van der Waals surface area contributed by atoms with E-state index in [0.717, 1.165) is 12.3 Å². The molecule has 1 heterocycles. The fourth-order valence-electron chi connectivity index (χ4n) is 5.97. The minimum absolute atomic E-state index is 0.0356. The van der Waals surface area contributed by atoms with Crippen molar-refractivity contribution in [3.63, 3.8) is 0 Å². The highest BCUT2D eigenvalue weighted by molar-refractivity contribution is 7.91. The molecule has 38 heavy (non-hydrogen) atoms. The highest BCUT2D eigenvalue weighted by Crippen LogP contribution is 2.78. The van der Waals surface area contributed by atoms with Crippen molar-refractivity contribution in [1.82, 2.24) is 9.78 Å². The van der Waals surface area contributed by atoms with Gasteiger partial charge in [0.05, 0.1) is 20.8 Å². The average Bonchev–Trinajstić information content (AvgIpc) is 3.08. The number of alkyl halides is 8. The Kier molecular flexibility index (Phi) is 5.29. The molecule has 6 nitrogen and oxygen atoms in total. The van der Waals surface area contributed by atoms with Crippen LogP contribution in [0.1, 0.15) is 54.4 Å². The van der Waals surface area contributed by atoms with Crippen molar-refractivity contribution in [3.8, 4) is 0 Å². The number of amides is 1. The molecule has 1 amide bonds. The van der Waals surface area contributed by atoms with E-state index in [1.165, 1.54) is 25.1 Å². The summed E-state index contributed by atoms with van der Waals surface area (Å²) in [7, 11) is -3.26. The molecule has 6 rings (SSSR count). The highest BCUT2D eigenvalue weighted by Gasteiger charge is 2.92. The normalized spacial score (nSPS) is 29.8. The van der Waals surface area contributed by atoms with Gasteiger partial charge >= 0.3 is 6.18 Å². The maximum Gasteiger partial charge on any atom is 0.420 e. The first-order valence-electron chi connectivity index (χ1n) is 11.4. The molecule has 4 aliphatic rings. The average molecular weight is 571 g/mol. The van der Waals surface area contributed by atoms with Gasteiger partial charge in [0, 0.05) is 49.1 Å². The van der Waals surface area contributed by atoms with Gasteiger partial charge in [-0.05, 0) is 23.6 Å². The molecule has 0 radical (unpaired) electrons. The van der Waals surface area contributed by atoms with Crippen LogP contribution in [0.15, 0.2) is 29.2 Å². The standard InChI is InChI=1S/C23H22F8N4O2S/c1-18(7-21(25,26)8-18)11-35-15(17(36)33-12-4-3-5-13(6-12)38(2,32)37)14(22(27,28)29)16(34-35)19-9-20(24,10-19)23(19,30)31/h3-6,32H,7-11H2,1-2H3,(H,33,36). The van der Waals surface area contributed by atoms with E-state index in [2.05, 4.69) is 10.4 Å². The third-order valence-corrected chi connectivity index (χ3v) is 8.83. The molecule has 0 spiro atoms.